The van der Waals surface area contributed by atoms with Gasteiger partial charge in [0.25, 0.3) is 5.91 Å². The molecule has 1 aliphatic heterocycles. The van der Waals surface area contributed by atoms with Gasteiger partial charge in [-0.25, -0.2) is 0 Å². The van der Waals surface area contributed by atoms with E-state index in [2.05, 4.69) is 54.6 Å². The smallest absolute Gasteiger partial charge is 0.271 e. The summed E-state index contributed by atoms with van der Waals surface area (Å²) in [5.74, 6) is 1.10. The van der Waals surface area contributed by atoms with E-state index in [1.165, 1.54) is 18.5 Å². The van der Waals surface area contributed by atoms with Crippen LogP contribution in [-0.2, 0) is 10.3 Å². The standard InChI is InChI=1S/C22H38N4O2/c1-6-16(7-2)20(25-10-12-28-13-11-25)15-23-21(27)18-14-19(17-8-9-17)26(24-18)22(3,4)5/h14,16-17,20H,6-13,15H2,1-5H3,(H,23,27). The molecule has 0 aromatic carbocycles. The van der Waals surface area contributed by atoms with Gasteiger partial charge in [-0.05, 0) is 45.6 Å². The molecule has 3 rings (SSSR count). The zero-order valence-electron chi connectivity index (χ0n) is 18.3. The molecule has 28 heavy (non-hydrogen) atoms. The normalized spacial score (nSPS) is 19.8. The molecule has 1 atom stereocenters. The van der Waals surface area contributed by atoms with Crippen molar-refractivity contribution in [3.63, 3.8) is 0 Å². The third-order valence-electron chi connectivity index (χ3n) is 6.18. The Bertz CT molecular complexity index is 650. The number of hydrogen-bond donors (Lipinski definition) is 1. The second-order valence-electron chi connectivity index (χ2n) is 9.31. The van der Waals surface area contributed by atoms with Crippen molar-refractivity contribution in [1.29, 1.82) is 0 Å². The maximum atomic E-state index is 12.9. The van der Waals surface area contributed by atoms with E-state index < -0.39 is 0 Å². The van der Waals surface area contributed by atoms with Crippen LogP contribution in [0.2, 0.25) is 0 Å². The van der Waals surface area contributed by atoms with Gasteiger partial charge in [-0.3, -0.25) is 14.4 Å². The van der Waals surface area contributed by atoms with Gasteiger partial charge < -0.3 is 10.1 Å². The monoisotopic (exact) mass is 390 g/mol. The molecule has 2 aliphatic rings. The predicted molar refractivity (Wildman–Crippen MR) is 112 cm³/mol. The first-order valence-electron chi connectivity index (χ1n) is 11.1. The lowest BCUT2D eigenvalue weighted by Gasteiger charge is -2.38. The van der Waals surface area contributed by atoms with Crippen molar-refractivity contribution in [3.05, 3.63) is 17.5 Å². The third-order valence-corrected chi connectivity index (χ3v) is 6.18. The molecule has 1 saturated carbocycles. The molecule has 1 amide bonds. The minimum atomic E-state index is -0.109. The zero-order chi connectivity index (χ0) is 20.3. The number of aromatic nitrogens is 2. The molecule has 1 aromatic heterocycles. The minimum absolute atomic E-state index is 0.0471. The summed E-state index contributed by atoms with van der Waals surface area (Å²) in [6, 6.07) is 2.37. The van der Waals surface area contributed by atoms with Crippen LogP contribution in [0.3, 0.4) is 0 Å². The summed E-state index contributed by atoms with van der Waals surface area (Å²) in [5.41, 5.74) is 1.66. The highest BCUT2D eigenvalue weighted by Crippen LogP contribution is 2.41. The van der Waals surface area contributed by atoms with Crippen LogP contribution in [0.1, 0.15) is 82.4 Å². The van der Waals surface area contributed by atoms with Crippen LogP contribution in [0.15, 0.2) is 6.07 Å². The quantitative estimate of drug-likeness (QED) is 0.739. The number of ether oxygens (including phenoxy) is 1. The maximum absolute atomic E-state index is 12.9. The van der Waals surface area contributed by atoms with Gasteiger partial charge in [0.15, 0.2) is 0 Å². The second-order valence-corrected chi connectivity index (χ2v) is 9.31. The molecule has 6 heteroatoms. The first kappa shape index (κ1) is 21.3. The van der Waals surface area contributed by atoms with Crippen molar-refractivity contribution in [2.75, 3.05) is 32.8 Å². The van der Waals surface area contributed by atoms with Crippen LogP contribution in [0.5, 0.6) is 0 Å². The Morgan fingerprint density at radius 3 is 2.43 bits per heavy atom. The van der Waals surface area contributed by atoms with E-state index in [1.807, 2.05) is 6.07 Å². The molecular weight excluding hydrogens is 352 g/mol. The summed E-state index contributed by atoms with van der Waals surface area (Å²) in [6.07, 6.45) is 4.66. The first-order chi connectivity index (χ1) is 13.3. The number of hydrogen-bond acceptors (Lipinski definition) is 4. The average Bonchev–Trinajstić information content (AvgIpc) is 3.42. The van der Waals surface area contributed by atoms with Gasteiger partial charge in [0.1, 0.15) is 5.69 Å². The highest BCUT2D eigenvalue weighted by atomic mass is 16.5. The average molecular weight is 391 g/mol. The zero-order valence-corrected chi connectivity index (χ0v) is 18.3. The molecule has 0 spiro atoms. The van der Waals surface area contributed by atoms with Crippen molar-refractivity contribution < 1.29 is 9.53 Å². The fourth-order valence-corrected chi connectivity index (χ4v) is 4.34. The van der Waals surface area contributed by atoms with Gasteiger partial charge in [0, 0.05) is 37.3 Å². The lowest BCUT2D eigenvalue weighted by atomic mass is 9.92. The van der Waals surface area contributed by atoms with Crippen molar-refractivity contribution in [2.45, 2.75) is 77.8 Å². The van der Waals surface area contributed by atoms with Gasteiger partial charge in [-0.15, -0.1) is 0 Å². The fraction of sp³-hybridized carbons (Fsp3) is 0.818. The Hall–Kier alpha value is -1.40. The predicted octanol–water partition coefficient (Wildman–Crippen LogP) is 3.38. The Balaban J connectivity index is 1.70. The number of amides is 1. The maximum Gasteiger partial charge on any atom is 0.271 e. The van der Waals surface area contributed by atoms with Crippen molar-refractivity contribution in [3.8, 4) is 0 Å². The summed E-state index contributed by atoms with van der Waals surface area (Å²) in [4.78, 5) is 15.4. The summed E-state index contributed by atoms with van der Waals surface area (Å²) < 4.78 is 7.58. The largest absolute Gasteiger partial charge is 0.379 e. The van der Waals surface area contributed by atoms with Gasteiger partial charge in [-0.2, -0.15) is 5.10 Å². The van der Waals surface area contributed by atoms with Crippen LogP contribution in [0.25, 0.3) is 0 Å². The molecule has 1 N–H and O–H groups in total. The molecule has 158 valence electrons. The topological polar surface area (TPSA) is 59.4 Å². The molecule has 1 unspecified atom stereocenters. The summed E-state index contributed by atoms with van der Waals surface area (Å²) >= 11 is 0. The lowest BCUT2D eigenvalue weighted by molar-refractivity contribution is 0.00190. The van der Waals surface area contributed by atoms with Crippen LogP contribution in [0, 0.1) is 5.92 Å². The molecule has 6 nitrogen and oxygen atoms in total. The van der Waals surface area contributed by atoms with Crippen LogP contribution < -0.4 is 5.32 Å². The van der Waals surface area contributed by atoms with E-state index in [1.54, 1.807) is 0 Å². The molecule has 2 heterocycles. The number of rotatable bonds is 8. The number of carbonyl (C=O) groups excluding carboxylic acids is 1. The Kier molecular flexibility index (Phi) is 6.81. The van der Waals surface area contributed by atoms with Crippen molar-refractivity contribution in [1.82, 2.24) is 20.0 Å². The van der Waals surface area contributed by atoms with Crippen LogP contribution >= 0.6 is 0 Å². The molecule has 0 bridgehead atoms. The molecule has 2 fully saturated rings. The summed E-state index contributed by atoms with van der Waals surface area (Å²) in [6.45, 7) is 15.1. The molecular formula is C22H38N4O2. The SMILES string of the molecule is CCC(CC)C(CNC(=O)c1cc(C2CC2)n(C(C)(C)C)n1)N1CCOCC1. The summed E-state index contributed by atoms with van der Waals surface area (Å²) in [5, 5.41) is 7.89. The van der Waals surface area contributed by atoms with Gasteiger partial charge in [0.05, 0.1) is 18.8 Å². The minimum Gasteiger partial charge on any atom is -0.379 e. The number of carbonyl (C=O) groups is 1. The van der Waals surface area contributed by atoms with Crippen molar-refractivity contribution in [2.24, 2.45) is 5.92 Å². The highest BCUT2D eigenvalue weighted by molar-refractivity contribution is 5.92. The van der Waals surface area contributed by atoms with Crippen LogP contribution in [0.4, 0.5) is 0 Å². The number of morpholine rings is 1. The molecule has 1 aromatic rings. The summed E-state index contributed by atoms with van der Waals surface area (Å²) in [7, 11) is 0. The number of nitrogens with zero attached hydrogens (tertiary/aromatic N) is 3. The van der Waals surface area contributed by atoms with E-state index in [-0.39, 0.29) is 11.4 Å². The molecule has 1 saturated heterocycles. The second kappa shape index (κ2) is 8.95. The van der Waals surface area contributed by atoms with E-state index in [0.717, 1.165) is 39.1 Å². The van der Waals surface area contributed by atoms with E-state index in [0.29, 0.717) is 30.1 Å². The van der Waals surface area contributed by atoms with Gasteiger partial charge >= 0.3 is 0 Å². The third kappa shape index (κ3) is 4.95. The van der Waals surface area contributed by atoms with Crippen LogP contribution in [-0.4, -0.2) is 59.5 Å². The molecule has 0 radical (unpaired) electrons. The molecule has 1 aliphatic carbocycles. The Morgan fingerprint density at radius 1 is 1.25 bits per heavy atom. The van der Waals surface area contributed by atoms with E-state index in [4.69, 9.17) is 4.74 Å². The van der Waals surface area contributed by atoms with E-state index in [9.17, 15) is 4.79 Å². The van der Waals surface area contributed by atoms with E-state index >= 15 is 0 Å². The Morgan fingerprint density at radius 2 is 1.89 bits per heavy atom. The highest BCUT2D eigenvalue weighted by Gasteiger charge is 2.33. The van der Waals surface area contributed by atoms with Gasteiger partial charge in [0.2, 0.25) is 0 Å². The fourth-order valence-electron chi connectivity index (χ4n) is 4.34. The Labute approximate surface area is 170 Å². The first-order valence-corrected chi connectivity index (χ1v) is 11.1. The van der Waals surface area contributed by atoms with Gasteiger partial charge in [-0.1, -0.05) is 26.7 Å². The number of nitrogens with one attached hydrogen (secondary N) is 1. The van der Waals surface area contributed by atoms with Crippen molar-refractivity contribution >= 4 is 5.91 Å². The lowest BCUT2D eigenvalue weighted by Crippen LogP contribution is -2.52.